The number of rotatable bonds is 5. The minimum absolute atomic E-state index is 0.00722. The lowest BCUT2D eigenvalue weighted by molar-refractivity contribution is 0.580. The molecular weight excluding hydrogens is 212 g/mol. The third-order valence-electron chi connectivity index (χ3n) is 1.91. The van der Waals surface area contributed by atoms with Gasteiger partial charge in [-0.05, 0) is 24.1 Å². The number of hydrogen-bond donors (Lipinski definition) is 2. The Labute approximate surface area is 90.5 Å². The van der Waals surface area contributed by atoms with Crippen LogP contribution in [0.2, 0.25) is 0 Å². The normalized spacial score (nSPS) is 11.5. The highest BCUT2D eigenvalue weighted by Crippen LogP contribution is 2.08. The lowest BCUT2D eigenvalue weighted by Crippen LogP contribution is -2.25. The Morgan fingerprint density at radius 3 is 2.40 bits per heavy atom. The number of nitrogens with two attached hydrogens (primary N) is 1. The van der Waals surface area contributed by atoms with Gasteiger partial charge in [-0.15, -0.1) is 0 Å². The molecule has 0 unspecified atom stereocenters. The van der Waals surface area contributed by atoms with Crippen LogP contribution in [0.3, 0.4) is 0 Å². The van der Waals surface area contributed by atoms with E-state index in [4.69, 9.17) is 5.73 Å². The number of anilines is 1. The first-order valence-corrected chi connectivity index (χ1v) is 6.50. The van der Waals surface area contributed by atoms with E-state index in [2.05, 4.69) is 4.72 Å². The van der Waals surface area contributed by atoms with E-state index in [9.17, 15) is 8.42 Å². The fraction of sp³-hybridized carbons (Fsp3) is 0.400. The van der Waals surface area contributed by atoms with Crippen molar-refractivity contribution in [3.05, 3.63) is 29.8 Å². The van der Waals surface area contributed by atoms with Gasteiger partial charge in [-0.3, -0.25) is 0 Å². The molecule has 0 spiro atoms. The molecule has 0 aliphatic heterocycles. The number of nitrogen functional groups attached to an aromatic ring is 1. The van der Waals surface area contributed by atoms with Gasteiger partial charge >= 0.3 is 0 Å². The van der Waals surface area contributed by atoms with Gasteiger partial charge < -0.3 is 5.73 Å². The minimum Gasteiger partial charge on any atom is -0.399 e. The second-order valence-electron chi connectivity index (χ2n) is 3.40. The average molecular weight is 228 g/mol. The molecule has 4 nitrogen and oxygen atoms in total. The molecule has 1 rings (SSSR count). The Balaban J connectivity index is 2.65. The summed E-state index contributed by atoms with van der Waals surface area (Å²) in [5.41, 5.74) is 6.89. The maximum Gasteiger partial charge on any atom is 0.215 e. The van der Waals surface area contributed by atoms with Crippen LogP contribution in [0.25, 0.3) is 0 Å². The van der Waals surface area contributed by atoms with Crippen LogP contribution in [0.15, 0.2) is 24.3 Å². The topological polar surface area (TPSA) is 72.2 Å². The molecule has 0 amide bonds. The van der Waals surface area contributed by atoms with Gasteiger partial charge in [-0.2, -0.15) is 0 Å². The molecule has 0 aliphatic rings. The number of sulfonamides is 1. The summed E-state index contributed by atoms with van der Waals surface area (Å²) in [6.45, 7) is 2.41. The molecule has 0 bridgehead atoms. The SMILES string of the molecule is CCCNS(=O)(=O)Cc1ccc(N)cc1. The molecule has 0 atom stereocenters. The highest BCUT2D eigenvalue weighted by Gasteiger charge is 2.09. The van der Waals surface area contributed by atoms with Crippen molar-refractivity contribution in [2.75, 3.05) is 12.3 Å². The molecule has 84 valence electrons. The molecule has 0 radical (unpaired) electrons. The van der Waals surface area contributed by atoms with E-state index in [-0.39, 0.29) is 5.75 Å². The third-order valence-corrected chi connectivity index (χ3v) is 3.27. The Bertz CT molecular complexity index is 398. The molecule has 0 heterocycles. The van der Waals surface area contributed by atoms with Crippen molar-refractivity contribution >= 4 is 15.7 Å². The molecule has 0 saturated heterocycles. The summed E-state index contributed by atoms with van der Waals surface area (Å²) in [4.78, 5) is 0. The Morgan fingerprint density at radius 1 is 1.27 bits per heavy atom. The second kappa shape index (κ2) is 5.14. The zero-order chi connectivity index (χ0) is 11.3. The first-order valence-electron chi connectivity index (χ1n) is 4.85. The van der Waals surface area contributed by atoms with E-state index >= 15 is 0 Å². The van der Waals surface area contributed by atoms with Gasteiger partial charge in [0.2, 0.25) is 10.0 Å². The summed E-state index contributed by atoms with van der Waals surface area (Å²) in [6, 6.07) is 6.84. The molecule has 3 N–H and O–H groups in total. The molecule has 1 aromatic carbocycles. The monoisotopic (exact) mass is 228 g/mol. The smallest absolute Gasteiger partial charge is 0.215 e. The van der Waals surface area contributed by atoms with Crippen LogP contribution in [0.5, 0.6) is 0 Å². The second-order valence-corrected chi connectivity index (χ2v) is 5.20. The molecule has 0 aromatic heterocycles. The highest BCUT2D eigenvalue weighted by atomic mass is 32.2. The number of benzene rings is 1. The molecule has 5 heteroatoms. The molecule has 0 fully saturated rings. The standard InChI is InChI=1S/C10H16N2O2S/c1-2-7-12-15(13,14)8-9-3-5-10(11)6-4-9/h3-6,12H,2,7-8,11H2,1H3. The summed E-state index contributed by atoms with van der Waals surface area (Å²) in [5, 5.41) is 0. The van der Waals surface area contributed by atoms with Crippen molar-refractivity contribution < 1.29 is 8.42 Å². The molecule has 15 heavy (non-hydrogen) atoms. The molecular formula is C10H16N2O2S. The lowest BCUT2D eigenvalue weighted by atomic mass is 10.2. The zero-order valence-electron chi connectivity index (χ0n) is 8.73. The quantitative estimate of drug-likeness (QED) is 0.741. The van der Waals surface area contributed by atoms with Gasteiger partial charge in [0, 0.05) is 12.2 Å². The zero-order valence-corrected chi connectivity index (χ0v) is 9.55. The summed E-state index contributed by atoms with van der Waals surface area (Å²) in [6.07, 6.45) is 0.793. The lowest BCUT2D eigenvalue weighted by Gasteiger charge is -2.05. The van der Waals surface area contributed by atoms with E-state index in [1.807, 2.05) is 6.92 Å². The van der Waals surface area contributed by atoms with E-state index in [1.165, 1.54) is 0 Å². The Hall–Kier alpha value is -1.07. The first kappa shape index (κ1) is 12.0. The van der Waals surface area contributed by atoms with Crippen LogP contribution in [0, 0.1) is 0 Å². The van der Waals surface area contributed by atoms with Gasteiger partial charge in [-0.25, -0.2) is 13.1 Å². The summed E-state index contributed by atoms with van der Waals surface area (Å²) >= 11 is 0. The maximum absolute atomic E-state index is 11.5. The summed E-state index contributed by atoms with van der Waals surface area (Å²) in [5.74, 6) is 0.00722. The fourth-order valence-corrected chi connectivity index (χ4v) is 2.39. The summed E-state index contributed by atoms with van der Waals surface area (Å²) < 4.78 is 25.5. The van der Waals surface area contributed by atoms with Gasteiger partial charge in [0.25, 0.3) is 0 Å². The van der Waals surface area contributed by atoms with Crippen LogP contribution in [0.4, 0.5) is 5.69 Å². The van der Waals surface area contributed by atoms with E-state index in [0.29, 0.717) is 12.2 Å². The molecule has 0 saturated carbocycles. The van der Waals surface area contributed by atoms with Crippen molar-refractivity contribution in [2.24, 2.45) is 0 Å². The summed E-state index contributed by atoms with van der Waals surface area (Å²) in [7, 11) is -3.20. The Kier molecular flexibility index (Phi) is 4.11. The van der Waals surface area contributed by atoms with Crippen molar-refractivity contribution in [1.29, 1.82) is 0 Å². The predicted octanol–water partition coefficient (Wildman–Crippen LogP) is 1.10. The van der Waals surface area contributed by atoms with Crippen molar-refractivity contribution in [3.63, 3.8) is 0 Å². The minimum atomic E-state index is -3.20. The maximum atomic E-state index is 11.5. The van der Waals surface area contributed by atoms with Crippen LogP contribution >= 0.6 is 0 Å². The third kappa shape index (κ3) is 4.31. The fourth-order valence-electron chi connectivity index (χ4n) is 1.14. The van der Waals surface area contributed by atoms with Gasteiger partial charge in [0.1, 0.15) is 0 Å². The van der Waals surface area contributed by atoms with Crippen LogP contribution in [0.1, 0.15) is 18.9 Å². The van der Waals surface area contributed by atoms with Gasteiger partial charge in [-0.1, -0.05) is 19.1 Å². The van der Waals surface area contributed by atoms with Crippen molar-refractivity contribution in [2.45, 2.75) is 19.1 Å². The van der Waals surface area contributed by atoms with E-state index < -0.39 is 10.0 Å². The van der Waals surface area contributed by atoms with Gasteiger partial charge in [0.15, 0.2) is 0 Å². The van der Waals surface area contributed by atoms with E-state index in [1.54, 1.807) is 24.3 Å². The molecule has 1 aromatic rings. The van der Waals surface area contributed by atoms with Crippen LogP contribution in [-0.2, 0) is 15.8 Å². The Morgan fingerprint density at radius 2 is 1.87 bits per heavy atom. The van der Waals surface area contributed by atoms with E-state index in [0.717, 1.165) is 12.0 Å². The van der Waals surface area contributed by atoms with Crippen molar-refractivity contribution in [3.8, 4) is 0 Å². The van der Waals surface area contributed by atoms with Crippen molar-refractivity contribution in [1.82, 2.24) is 4.72 Å². The average Bonchev–Trinajstić information content (AvgIpc) is 2.18. The van der Waals surface area contributed by atoms with Crippen LogP contribution in [-0.4, -0.2) is 15.0 Å². The highest BCUT2D eigenvalue weighted by molar-refractivity contribution is 7.88. The predicted molar refractivity (Wildman–Crippen MR) is 61.8 cm³/mol. The largest absolute Gasteiger partial charge is 0.399 e. The number of hydrogen-bond acceptors (Lipinski definition) is 3. The van der Waals surface area contributed by atoms with Gasteiger partial charge in [0.05, 0.1) is 5.75 Å². The first-order chi connectivity index (χ1) is 7.03. The number of nitrogens with one attached hydrogen (secondary N) is 1. The molecule has 0 aliphatic carbocycles. The van der Waals surface area contributed by atoms with Crippen LogP contribution < -0.4 is 10.5 Å².